The van der Waals surface area contributed by atoms with E-state index in [0.717, 1.165) is 11.3 Å². The molecular formula is C16H19N3O3. The van der Waals surface area contributed by atoms with Crippen LogP contribution >= 0.6 is 0 Å². The predicted molar refractivity (Wildman–Crippen MR) is 83.1 cm³/mol. The van der Waals surface area contributed by atoms with Crippen molar-refractivity contribution in [3.63, 3.8) is 0 Å². The van der Waals surface area contributed by atoms with Crippen LogP contribution in [0.2, 0.25) is 0 Å². The summed E-state index contributed by atoms with van der Waals surface area (Å²) in [5.74, 6) is -1.20. The molecule has 2 heterocycles. The minimum atomic E-state index is -1.20. The zero-order valence-corrected chi connectivity index (χ0v) is 13.0. The Morgan fingerprint density at radius 3 is 2.45 bits per heavy atom. The molecule has 22 heavy (non-hydrogen) atoms. The molecule has 2 aromatic heterocycles. The molecule has 0 fully saturated rings. The molecule has 6 nitrogen and oxygen atoms in total. The molecule has 0 radical (unpaired) electrons. The summed E-state index contributed by atoms with van der Waals surface area (Å²) in [6.07, 6.45) is 2.62. The monoisotopic (exact) mass is 301 g/mol. The first-order valence-corrected chi connectivity index (χ1v) is 7.36. The van der Waals surface area contributed by atoms with Crippen LogP contribution in [0.1, 0.15) is 42.4 Å². The predicted octanol–water partition coefficient (Wildman–Crippen LogP) is 2.15. The maximum atomic E-state index is 12.5. The van der Waals surface area contributed by atoms with Crippen LogP contribution in [0.4, 0.5) is 0 Å². The van der Waals surface area contributed by atoms with Crippen molar-refractivity contribution >= 4 is 5.97 Å². The molecule has 0 saturated carbocycles. The Labute approximate surface area is 128 Å². The number of carboxylic acid groups (broad SMARTS) is 1. The van der Waals surface area contributed by atoms with Gasteiger partial charge in [0, 0.05) is 24.0 Å². The van der Waals surface area contributed by atoms with Crippen LogP contribution in [0.5, 0.6) is 0 Å². The summed E-state index contributed by atoms with van der Waals surface area (Å²) in [6, 6.07) is 3.54. The van der Waals surface area contributed by atoms with Gasteiger partial charge in [0.1, 0.15) is 5.56 Å². The SMILES string of the molecule is CCc1c(-c2cccnn2)c(CC)n(CC)c(=O)c1C(=O)O. The highest BCUT2D eigenvalue weighted by Gasteiger charge is 2.24. The van der Waals surface area contributed by atoms with Crippen molar-refractivity contribution in [3.8, 4) is 11.3 Å². The van der Waals surface area contributed by atoms with Gasteiger partial charge >= 0.3 is 5.97 Å². The second-order valence-electron chi connectivity index (χ2n) is 4.85. The molecule has 2 aromatic rings. The molecule has 0 aliphatic heterocycles. The molecule has 0 aliphatic carbocycles. The van der Waals surface area contributed by atoms with Gasteiger partial charge in [-0.2, -0.15) is 10.2 Å². The van der Waals surface area contributed by atoms with Gasteiger partial charge in [-0.25, -0.2) is 4.79 Å². The Bertz CT molecular complexity index is 751. The van der Waals surface area contributed by atoms with E-state index in [1.54, 1.807) is 18.3 Å². The number of rotatable bonds is 5. The standard InChI is InChI=1S/C16H19N3O3/c1-4-10-13(11-8-7-9-17-18-11)12(5-2)19(6-3)15(20)14(10)16(21)22/h7-9H,4-6H2,1-3H3,(H,21,22). The first-order valence-electron chi connectivity index (χ1n) is 7.36. The molecule has 116 valence electrons. The Kier molecular flexibility index (Phi) is 4.70. The summed E-state index contributed by atoms with van der Waals surface area (Å²) in [5, 5.41) is 17.5. The van der Waals surface area contributed by atoms with Gasteiger partial charge in [-0.1, -0.05) is 13.8 Å². The van der Waals surface area contributed by atoms with Gasteiger partial charge in [-0.3, -0.25) is 4.79 Å². The Morgan fingerprint density at radius 2 is 2.00 bits per heavy atom. The van der Waals surface area contributed by atoms with Gasteiger partial charge < -0.3 is 9.67 Å². The summed E-state index contributed by atoms with van der Waals surface area (Å²) >= 11 is 0. The maximum Gasteiger partial charge on any atom is 0.341 e. The fraction of sp³-hybridized carbons (Fsp3) is 0.375. The highest BCUT2D eigenvalue weighted by atomic mass is 16.4. The van der Waals surface area contributed by atoms with Crippen molar-refractivity contribution in [3.05, 3.63) is 45.5 Å². The Morgan fingerprint density at radius 1 is 1.27 bits per heavy atom. The molecule has 2 rings (SSSR count). The zero-order chi connectivity index (χ0) is 16.3. The normalized spacial score (nSPS) is 10.7. The number of aromatic nitrogens is 3. The minimum Gasteiger partial charge on any atom is -0.477 e. The molecule has 0 bridgehead atoms. The van der Waals surface area contributed by atoms with Crippen LogP contribution < -0.4 is 5.56 Å². The highest BCUT2D eigenvalue weighted by molar-refractivity contribution is 5.91. The molecule has 6 heteroatoms. The fourth-order valence-corrected chi connectivity index (χ4v) is 2.83. The largest absolute Gasteiger partial charge is 0.477 e. The van der Waals surface area contributed by atoms with E-state index >= 15 is 0 Å². The quantitative estimate of drug-likeness (QED) is 0.914. The van der Waals surface area contributed by atoms with Crippen molar-refractivity contribution in [1.29, 1.82) is 0 Å². The smallest absolute Gasteiger partial charge is 0.341 e. The number of hydrogen-bond donors (Lipinski definition) is 1. The van der Waals surface area contributed by atoms with Crippen LogP contribution in [-0.2, 0) is 19.4 Å². The Balaban J connectivity index is 3.00. The van der Waals surface area contributed by atoms with Crippen molar-refractivity contribution in [2.75, 3.05) is 0 Å². The number of carbonyl (C=O) groups is 1. The molecule has 0 saturated heterocycles. The Hall–Kier alpha value is -2.50. The third kappa shape index (κ3) is 2.52. The molecule has 0 amide bonds. The topological polar surface area (TPSA) is 85.1 Å². The summed E-state index contributed by atoms with van der Waals surface area (Å²) < 4.78 is 1.52. The lowest BCUT2D eigenvalue weighted by molar-refractivity contribution is 0.0693. The minimum absolute atomic E-state index is 0.165. The molecule has 1 N–H and O–H groups in total. The van der Waals surface area contributed by atoms with E-state index in [-0.39, 0.29) is 5.56 Å². The third-order valence-corrected chi connectivity index (χ3v) is 3.72. The van der Waals surface area contributed by atoms with Gasteiger partial charge in [0.15, 0.2) is 0 Å². The molecule has 0 atom stereocenters. The van der Waals surface area contributed by atoms with E-state index in [1.165, 1.54) is 4.57 Å². The average molecular weight is 301 g/mol. The van der Waals surface area contributed by atoms with Gasteiger partial charge in [0.2, 0.25) is 0 Å². The van der Waals surface area contributed by atoms with Crippen molar-refractivity contribution in [2.24, 2.45) is 0 Å². The molecule has 0 aliphatic rings. The fourth-order valence-electron chi connectivity index (χ4n) is 2.83. The lowest BCUT2D eigenvalue weighted by Gasteiger charge is -2.19. The molecule has 0 aromatic carbocycles. The number of hydrogen-bond acceptors (Lipinski definition) is 4. The van der Waals surface area contributed by atoms with E-state index < -0.39 is 11.5 Å². The lowest BCUT2D eigenvalue weighted by Crippen LogP contribution is -2.31. The van der Waals surface area contributed by atoms with Crippen LogP contribution in [0.3, 0.4) is 0 Å². The molecule has 0 unspecified atom stereocenters. The van der Waals surface area contributed by atoms with Crippen LogP contribution in [-0.4, -0.2) is 25.8 Å². The van der Waals surface area contributed by atoms with Crippen LogP contribution in [0, 0.1) is 0 Å². The van der Waals surface area contributed by atoms with Crippen molar-refractivity contribution < 1.29 is 9.90 Å². The van der Waals surface area contributed by atoms with E-state index in [0.29, 0.717) is 30.6 Å². The van der Waals surface area contributed by atoms with Gasteiger partial charge in [-0.15, -0.1) is 0 Å². The summed E-state index contributed by atoms with van der Waals surface area (Å²) in [7, 11) is 0. The third-order valence-electron chi connectivity index (χ3n) is 3.72. The second-order valence-corrected chi connectivity index (χ2v) is 4.85. The van der Waals surface area contributed by atoms with Crippen molar-refractivity contribution in [2.45, 2.75) is 40.2 Å². The maximum absolute atomic E-state index is 12.5. The first kappa shape index (κ1) is 15.9. The summed E-state index contributed by atoms with van der Waals surface area (Å²) in [6.45, 7) is 6.04. The van der Waals surface area contributed by atoms with Crippen LogP contribution in [0.15, 0.2) is 23.1 Å². The number of aromatic carboxylic acids is 1. The van der Waals surface area contributed by atoms with Crippen LogP contribution in [0.25, 0.3) is 11.3 Å². The number of pyridine rings is 1. The van der Waals surface area contributed by atoms with Gasteiger partial charge in [0.05, 0.1) is 5.69 Å². The second kappa shape index (κ2) is 6.51. The van der Waals surface area contributed by atoms with Gasteiger partial charge in [0.25, 0.3) is 5.56 Å². The summed E-state index contributed by atoms with van der Waals surface area (Å²) in [4.78, 5) is 24.1. The molecular weight excluding hydrogens is 282 g/mol. The van der Waals surface area contributed by atoms with E-state index in [4.69, 9.17) is 0 Å². The lowest BCUT2D eigenvalue weighted by atomic mass is 9.94. The van der Waals surface area contributed by atoms with E-state index in [2.05, 4.69) is 10.2 Å². The highest BCUT2D eigenvalue weighted by Crippen LogP contribution is 2.28. The van der Waals surface area contributed by atoms with Gasteiger partial charge in [-0.05, 0) is 37.5 Å². The van der Waals surface area contributed by atoms with E-state index in [9.17, 15) is 14.7 Å². The molecule has 0 spiro atoms. The zero-order valence-electron chi connectivity index (χ0n) is 13.0. The summed E-state index contributed by atoms with van der Waals surface area (Å²) in [5.41, 5.74) is 2.03. The number of carboxylic acids is 1. The first-order chi connectivity index (χ1) is 10.6. The average Bonchev–Trinajstić information content (AvgIpc) is 2.53. The number of nitrogens with zero attached hydrogens (tertiary/aromatic N) is 3. The van der Waals surface area contributed by atoms with E-state index in [1.807, 2.05) is 20.8 Å². The van der Waals surface area contributed by atoms with Crippen molar-refractivity contribution in [1.82, 2.24) is 14.8 Å².